The number of fused-ring (bicyclic) bond motifs is 1. The van der Waals surface area contributed by atoms with Crippen LogP contribution in [0.25, 0.3) is 0 Å². The summed E-state index contributed by atoms with van der Waals surface area (Å²) in [4.78, 5) is 29.3. The molecule has 152 valence electrons. The van der Waals surface area contributed by atoms with Gasteiger partial charge in [-0.05, 0) is 62.7 Å². The van der Waals surface area contributed by atoms with Gasteiger partial charge < -0.3 is 20.4 Å². The van der Waals surface area contributed by atoms with E-state index < -0.39 is 0 Å². The molecule has 1 aromatic carbocycles. The molecule has 3 aliphatic heterocycles. The summed E-state index contributed by atoms with van der Waals surface area (Å²) in [7, 11) is 0. The zero-order valence-electron chi connectivity index (χ0n) is 16.7. The maximum Gasteiger partial charge on any atom is 0.237 e. The first-order valence-electron chi connectivity index (χ1n) is 10.8. The molecule has 6 nitrogen and oxygen atoms in total. The van der Waals surface area contributed by atoms with E-state index in [0.717, 1.165) is 77.1 Å². The monoisotopic (exact) mass is 384 g/mol. The van der Waals surface area contributed by atoms with Crippen molar-refractivity contribution >= 4 is 17.5 Å². The molecular weight excluding hydrogens is 352 g/mol. The number of nitrogens with one attached hydrogen (secondary N) is 2. The first-order chi connectivity index (χ1) is 13.7. The lowest BCUT2D eigenvalue weighted by Gasteiger charge is -2.33. The summed E-state index contributed by atoms with van der Waals surface area (Å²) in [5, 5.41) is 6.39. The topological polar surface area (TPSA) is 64.7 Å². The van der Waals surface area contributed by atoms with Crippen LogP contribution in [0.15, 0.2) is 24.3 Å². The standard InChI is InChI=1S/C22H32N4O2/c27-21(26-14-9-18-6-1-2-8-20(18)26)10-13-25-12-4-5-17(16-25)15-24-22(28)19-7-3-11-23-19/h1-2,6,8,17,19,23H,3-5,7,9-16H2,(H,24,28). The number of piperidine rings is 1. The van der Waals surface area contributed by atoms with Gasteiger partial charge in [0, 0.05) is 38.3 Å². The molecule has 1 aromatic rings. The Hall–Kier alpha value is -1.92. The number of anilines is 1. The molecule has 0 spiro atoms. The summed E-state index contributed by atoms with van der Waals surface area (Å²) < 4.78 is 0. The highest BCUT2D eigenvalue weighted by atomic mass is 16.2. The van der Waals surface area contributed by atoms with Gasteiger partial charge in [0.2, 0.25) is 11.8 Å². The van der Waals surface area contributed by atoms with E-state index in [1.54, 1.807) is 0 Å². The van der Waals surface area contributed by atoms with E-state index in [-0.39, 0.29) is 17.9 Å². The lowest BCUT2D eigenvalue weighted by atomic mass is 9.97. The normalized spacial score (nSPS) is 24.9. The van der Waals surface area contributed by atoms with E-state index in [0.29, 0.717) is 12.3 Å². The molecule has 2 saturated heterocycles. The minimum absolute atomic E-state index is 0.000606. The number of para-hydroxylation sites is 1. The number of hydrogen-bond donors (Lipinski definition) is 2. The van der Waals surface area contributed by atoms with Crippen LogP contribution in [0.4, 0.5) is 5.69 Å². The number of benzene rings is 1. The van der Waals surface area contributed by atoms with Crippen LogP contribution in [0.5, 0.6) is 0 Å². The molecular formula is C22H32N4O2. The van der Waals surface area contributed by atoms with Crippen molar-refractivity contribution in [3.05, 3.63) is 29.8 Å². The zero-order chi connectivity index (χ0) is 19.3. The van der Waals surface area contributed by atoms with Gasteiger partial charge in [-0.1, -0.05) is 18.2 Å². The fraction of sp³-hybridized carbons (Fsp3) is 0.636. The minimum Gasteiger partial charge on any atom is -0.354 e. The Labute approximate surface area is 167 Å². The molecule has 4 rings (SSSR count). The SMILES string of the molecule is O=C(NCC1CCCN(CCC(=O)N2CCc3ccccc32)C1)C1CCCN1. The molecule has 2 fully saturated rings. The van der Waals surface area contributed by atoms with Crippen LogP contribution in [0.1, 0.15) is 37.7 Å². The molecule has 28 heavy (non-hydrogen) atoms. The number of nitrogens with zero attached hydrogens (tertiary/aromatic N) is 2. The highest BCUT2D eigenvalue weighted by Crippen LogP contribution is 2.28. The van der Waals surface area contributed by atoms with Gasteiger partial charge in [0.1, 0.15) is 0 Å². The van der Waals surface area contributed by atoms with Gasteiger partial charge in [0.15, 0.2) is 0 Å². The summed E-state index contributed by atoms with van der Waals surface area (Å²) in [5.41, 5.74) is 2.37. The Bertz CT molecular complexity index is 702. The van der Waals surface area contributed by atoms with Crippen LogP contribution in [-0.4, -0.2) is 62.0 Å². The van der Waals surface area contributed by atoms with Crippen LogP contribution in [-0.2, 0) is 16.0 Å². The summed E-state index contributed by atoms with van der Waals surface area (Å²) in [6, 6.07) is 8.23. The highest BCUT2D eigenvalue weighted by Gasteiger charge is 2.27. The predicted molar refractivity (Wildman–Crippen MR) is 110 cm³/mol. The van der Waals surface area contributed by atoms with E-state index in [1.165, 1.54) is 5.56 Å². The quantitative estimate of drug-likeness (QED) is 0.781. The van der Waals surface area contributed by atoms with Crippen LogP contribution in [0.3, 0.4) is 0 Å². The zero-order valence-corrected chi connectivity index (χ0v) is 16.7. The van der Waals surface area contributed by atoms with Gasteiger partial charge in [-0.25, -0.2) is 0 Å². The van der Waals surface area contributed by atoms with Crippen LogP contribution in [0, 0.1) is 5.92 Å². The van der Waals surface area contributed by atoms with E-state index in [4.69, 9.17) is 0 Å². The van der Waals surface area contributed by atoms with E-state index in [2.05, 4.69) is 27.7 Å². The molecule has 2 N–H and O–H groups in total. The minimum atomic E-state index is 0.000606. The van der Waals surface area contributed by atoms with Crippen molar-refractivity contribution < 1.29 is 9.59 Å². The summed E-state index contributed by atoms with van der Waals surface area (Å²) in [5.74, 6) is 0.868. The number of amides is 2. The molecule has 3 aliphatic rings. The van der Waals surface area contributed by atoms with Gasteiger partial charge in [-0.15, -0.1) is 0 Å². The first-order valence-corrected chi connectivity index (χ1v) is 10.8. The molecule has 0 radical (unpaired) electrons. The van der Waals surface area contributed by atoms with Crippen LogP contribution in [0.2, 0.25) is 0 Å². The molecule has 0 aliphatic carbocycles. The molecule has 0 saturated carbocycles. The maximum atomic E-state index is 12.7. The van der Waals surface area contributed by atoms with Crippen molar-refractivity contribution in [1.29, 1.82) is 0 Å². The third-order valence-corrected chi connectivity index (χ3v) is 6.37. The van der Waals surface area contributed by atoms with Gasteiger partial charge in [-0.3, -0.25) is 9.59 Å². The van der Waals surface area contributed by atoms with E-state index in [1.807, 2.05) is 17.0 Å². The largest absolute Gasteiger partial charge is 0.354 e. The second-order valence-corrected chi connectivity index (χ2v) is 8.38. The van der Waals surface area contributed by atoms with Crippen LogP contribution >= 0.6 is 0 Å². The van der Waals surface area contributed by atoms with Crippen LogP contribution < -0.4 is 15.5 Å². The van der Waals surface area contributed by atoms with Gasteiger partial charge >= 0.3 is 0 Å². The first kappa shape index (κ1) is 19.4. The van der Waals surface area contributed by atoms with Crippen molar-refractivity contribution in [2.75, 3.05) is 44.2 Å². The number of carbonyl (C=O) groups is 2. The maximum absolute atomic E-state index is 12.7. The number of likely N-dealkylation sites (tertiary alicyclic amines) is 1. The van der Waals surface area contributed by atoms with E-state index in [9.17, 15) is 9.59 Å². The van der Waals surface area contributed by atoms with Gasteiger partial charge in [0.25, 0.3) is 0 Å². The number of rotatable bonds is 6. The number of hydrogen-bond acceptors (Lipinski definition) is 4. The van der Waals surface area contributed by atoms with Crippen molar-refractivity contribution in [3.8, 4) is 0 Å². The molecule has 0 aromatic heterocycles. The lowest BCUT2D eigenvalue weighted by molar-refractivity contribution is -0.123. The molecule has 6 heteroatoms. The third kappa shape index (κ3) is 4.55. The summed E-state index contributed by atoms with van der Waals surface area (Å²) in [6.07, 6.45) is 5.86. The second kappa shape index (κ2) is 9.05. The fourth-order valence-electron chi connectivity index (χ4n) is 4.78. The Morgan fingerprint density at radius 2 is 2.04 bits per heavy atom. The average molecular weight is 385 g/mol. The molecule has 3 heterocycles. The fourth-order valence-corrected chi connectivity index (χ4v) is 4.78. The van der Waals surface area contributed by atoms with Crippen molar-refractivity contribution in [2.24, 2.45) is 5.92 Å². The lowest BCUT2D eigenvalue weighted by Crippen LogP contribution is -2.46. The van der Waals surface area contributed by atoms with Gasteiger partial charge in [0.05, 0.1) is 6.04 Å². The van der Waals surface area contributed by atoms with Gasteiger partial charge in [-0.2, -0.15) is 0 Å². The Kier molecular flexibility index (Phi) is 6.27. The van der Waals surface area contributed by atoms with Crippen molar-refractivity contribution in [1.82, 2.24) is 15.5 Å². The average Bonchev–Trinajstić information content (AvgIpc) is 3.40. The van der Waals surface area contributed by atoms with E-state index >= 15 is 0 Å². The summed E-state index contributed by atoms with van der Waals surface area (Å²) >= 11 is 0. The molecule has 2 atom stereocenters. The second-order valence-electron chi connectivity index (χ2n) is 8.38. The molecule has 2 amide bonds. The Morgan fingerprint density at radius 1 is 1.14 bits per heavy atom. The molecule has 2 unspecified atom stereocenters. The van der Waals surface area contributed by atoms with Crippen molar-refractivity contribution in [2.45, 2.75) is 44.6 Å². The Balaban J connectivity index is 1.21. The predicted octanol–water partition coefficient (Wildman–Crippen LogP) is 1.55. The highest BCUT2D eigenvalue weighted by molar-refractivity contribution is 5.95. The smallest absolute Gasteiger partial charge is 0.237 e. The number of carbonyl (C=O) groups excluding carboxylic acids is 2. The third-order valence-electron chi connectivity index (χ3n) is 6.37. The summed E-state index contributed by atoms with van der Waals surface area (Å²) in [6.45, 7) is 5.35. The Morgan fingerprint density at radius 3 is 2.89 bits per heavy atom. The molecule has 0 bridgehead atoms. The van der Waals surface area contributed by atoms with Crippen molar-refractivity contribution in [3.63, 3.8) is 0 Å².